The Hall–Kier alpha value is -3.38. The number of hydrogen-bond acceptors (Lipinski definition) is 4. The number of halogens is 1. The highest BCUT2D eigenvalue weighted by atomic mass is 35.5. The number of ether oxygens (including phenoxy) is 1. The van der Waals surface area contributed by atoms with E-state index in [2.05, 4.69) is 4.98 Å². The van der Waals surface area contributed by atoms with Gasteiger partial charge in [-0.3, -0.25) is 14.5 Å². The maximum atomic E-state index is 13.4. The third-order valence-corrected chi connectivity index (χ3v) is 6.35. The number of nitrogens with zero attached hydrogens (tertiary/aromatic N) is 4. The quantitative estimate of drug-likeness (QED) is 0.441. The Morgan fingerprint density at radius 1 is 1.19 bits per heavy atom. The molecular weight excluding hydrogens is 424 g/mol. The lowest BCUT2D eigenvalue weighted by atomic mass is 9.95. The monoisotopic (exact) mass is 446 g/mol. The minimum atomic E-state index is -0.142. The average Bonchev–Trinajstić information content (AvgIpc) is 3.15. The number of aromatic nitrogens is 3. The van der Waals surface area contributed by atoms with Crippen LogP contribution in [0.3, 0.4) is 0 Å². The maximum absolute atomic E-state index is 13.4. The molecule has 0 bridgehead atoms. The molecule has 0 spiro atoms. The first kappa shape index (κ1) is 20.5. The molecule has 32 heavy (non-hydrogen) atoms. The molecule has 162 valence electrons. The Morgan fingerprint density at radius 3 is 2.84 bits per heavy atom. The number of fused-ring (bicyclic) bond motifs is 2. The number of carbonyl (C=O) groups excluding carboxylic acids is 1. The second-order valence-electron chi connectivity index (χ2n) is 8.05. The summed E-state index contributed by atoms with van der Waals surface area (Å²) in [5.74, 6) is 0.708. The first-order valence-electron chi connectivity index (χ1n) is 10.5. The summed E-state index contributed by atoms with van der Waals surface area (Å²) in [7, 11) is 3.55. The molecule has 0 radical (unpaired) electrons. The molecule has 1 aliphatic rings. The third kappa shape index (κ3) is 3.41. The van der Waals surface area contributed by atoms with Crippen LogP contribution < -0.4 is 4.74 Å². The fourth-order valence-electron chi connectivity index (χ4n) is 4.57. The van der Waals surface area contributed by atoms with E-state index in [4.69, 9.17) is 21.4 Å². The van der Waals surface area contributed by atoms with Crippen LogP contribution in [0.4, 0.5) is 0 Å². The number of rotatable bonds is 3. The van der Waals surface area contributed by atoms with Crippen LogP contribution in [0.25, 0.3) is 22.2 Å². The lowest BCUT2D eigenvalue weighted by molar-refractivity contribution is 0.0674. The summed E-state index contributed by atoms with van der Waals surface area (Å²) in [5, 5.41) is 6.37. The standard InChI is InChI=1S/C25H23ClN4O2/c1-15-23-21(24(29(2)28-23)18-12-19(26)14-20(13-18)32-3)8-10-30(15)25(31)17-6-7-22-16(11-17)5-4-9-27-22/h4-7,9,11-15H,8,10H2,1-3H3/t15-/m0/s1. The molecule has 1 amide bonds. The Bertz CT molecular complexity index is 1350. The van der Waals surface area contributed by atoms with Gasteiger partial charge in [0.15, 0.2) is 0 Å². The molecule has 0 unspecified atom stereocenters. The van der Waals surface area contributed by atoms with E-state index < -0.39 is 0 Å². The van der Waals surface area contributed by atoms with Crippen LogP contribution >= 0.6 is 11.6 Å². The van der Waals surface area contributed by atoms with Gasteiger partial charge >= 0.3 is 0 Å². The van der Waals surface area contributed by atoms with Crippen molar-refractivity contribution in [1.82, 2.24) is 19.7 Å². The van der Waals surface area contributed by atoms with Gasteiger partial charge in [-0.1, -0.05) is 17.7 Å². The van der Waals surface area contributed by atoms with Crippen LogP contribution in [0.15, 0.2) is 54.7 Å². The highest BCUT2D eigenvalue weighted by Crippen LogP contribution is 2.38. The molecule has 2 aromatic heterocycles. The number of amides is 1. The molecule has 4 aromatic rings. The minimum Gasteiger partial charge on any atom is -0.497 e. The SMILES string of the molecule is COc1cc(Cl)cc(-c2c3c(nn2C)[C@H](C)N(C(=O)c2ccc4ncccc4c2)CC3)c1. The molecule has 1 aliphatic heterocycles. The van der Waals surface area contributed by atoms with Gasteiger partial charge in [0.05, 0.1) is 30.1 Å². The van der Waals surface area contributed by atoms with Crippen LogP contribution in [0.1, 0.15) is 34.6 Å². The Kier molecular flexibility index (Phi) is 5.10. The van der Waals surface area contributed by atoms with Crippen LogP contribution in [0, 0.1) is 0 Å². The molecule has 0 aliphatic carbocycles. The maximum Gasteiger partial charge on any atom is 0.254 e. The zero-order chi connectivity index (χ0) is 22.4. The zero-order valence-electron chi connectivity index (χ0n) is 18.2. The van der Waals surface area contributed by atoms with Crippen molar-refractivity contribution in [2.24, 2.45) is 7.05 Å². The van der Waals surface area contributed by atoms with Crippen molar-refractivity contribution in [3.05, 3.63) is 76.6 Å². The lowest BCUT2D eigenvalue weighted by Gasteiger charge is -2.33. The molecule has 0 fully saturated rings. The van der Waals surface area contributed by atoms with Crippen molar-refractivity contribution in [2.75, 3.05) is 13.7 Å². The number of aryl methyl sites for hydroxylation is 1. The van der Waals surface area contributed by atoms with E-state index in [-0.39, 0.29) is 11.9 Å². The molecule has 5 rings (SSSR count). The smallest absolute Gasteiger partial charge is 0.254 e. The fraction of sp³-hybridized carbons (Fsp3) is 0.240. The Balaban J connectivity index is 1.50. The molecule has 6 nitrogen and oxygen atoms in total. The van der Waals surface area contributed by atoms with Gasteiger partial charge in [-0.05, 0) is 55.8 Å². The van der Waals surface area contributed by atoms with E-state index in [0.29, 0.717) is 22.9 Å². The van der Waals surface area contributed by atoms with E-state index >= 15 is 0 Å². The highest BCUT2D eigenvalue weighted by molar-refractivity contribution is 6.31. The number of benzene rings is 2. The number of pyridine rings is 1. The van der Waals surface area contributed by atoms with Crippen molar-refractivity contribution in [1.29, 1.82) is 0 Å². The van der Waals surface area contributed by atoms with Gasteiger partial charge in [-0.2, -0.15) is 5.10 Å². The topological polar surface area (TPSA) is 60.2 Å². The van der Waals surface area contributed by atoms with Gasteiger partial charge in [0.1, 0.15) is 5.75 Å². The lowest BCUT2D eigenvalue weighted by Crippen LogP contribution is -2.38. The number of carbonyl (C=O) groups is 1. The van der Waals surface area contributed by atoms with Crippen molar-refractivity contribution < 1.29 is 9.53 Å². The van der Waals surface area contributed by atoms with Crippen LogP contribution in [0.2, 0.25) is 5.02 Å². The summed E-state index contributed by atoms with van der Waals surface area (Å²) in [4.78, 5) is 19.6. The van der Waals surface area contributed by atoms with Gasteiger partial charge < -0.3 is 9.64 Å². The first-order chi connectivity index (χ1) is 15.5. The van der Waals surface area contributed by atoms with Crippen molar-refractivity contribution in [2.45, 2.75) is 19.4 Å². The van der Waals surface area contributed by atoms with Crippen molar-refractivity contribution >= 4 is 28.4 Å². The summed E-state index contributed by atoms with van der Waals surface area (Å²) in [6.45, 7) is 2.66. The van der Waals surface area contributed by atoms with Gasteiger partial charge in [0.2, 0.25) is 0 Å². The average molecular weight is 447 g/mol. The minimum absolute atomic E-state index is 0.00512. The second-order valence-corrected chi connectivity index (χ2v) is 8.49. The summed E-state index contributed by atoms with van der Waals surface area (Å²) in [5.41, 5.74) is 5.58. The van der Waals surface area contributed by atoms with E-state index in [1.807, 2.05) is 66.0 Å². The van der Waals surface area contributed by atoms with Gasteiger partial charge in [0.25, 0.3) is 5.91 Å². The largest absolute Gasteiger partial charge is 0.497 e. The molecule has 7 heteroatoms. The normalized spacial score (nSPS) is 15.6. The molecular formula is C25H23ClN4O2. The highest BCUT2D eigenvalue weighted by Gasteiger charge is 2.33. The second kappa shape index (κ2) is 7.95. The van der Waals surface area contributed by atoms with Gasteiger partial charge in [0, 0.05) is 46.9 Å². The van der Waals surface area contributed by atoms with Crippen LogP contribution in [-0.4, -0.2) is 39.2 Å². The summed E-state index contributed by atoms with van der Waals surface area (Å²) in [6, 6.07) is 15.0. The van der Waals surface area contributed by atoms with E-state index in [1.54, 1.807) is 19.4 Å². The summed E-state index contributed by atoms with van der Waals surface area (Å²) in [6.07, 6.45) is 2.48. The molecule has 3 heterocycles. The molecule has 1 atom stereocenters. The molecule has 0 saturated carbocycles. The van der Waals surface area contributed by atoms with Crippen molar-refractivity contribution in [3.8, 4) is 17.0 Å². The van der Waals surface area contributed by atoms with Crippen LogP contribution in [-0.2, 0) is 13.5 Å². The first-order valence-corrected chi connectivity index (χ1v) is 10.9. The van der Waals surface area contributed by atoms with E-state index in [0.717, 1.165) is 39.8 Å². The zero-order valence-corrected chi connectivity index (χ0v) is 18.9. The van der Waals surface area contributed by atoms with Gasteiger partial charge in [-0.25, -0.2) is 0 Å². The molecule has 2 aromatic carbocycles. The summed E-state index contributed by atoms with van der Waals surface area (Å²) >= 11 is 6.32. The molecule has 0 N–H and O–H groups in total. The fourth-order valence-corrected chi connectivity index (χ4v) is 4.80. The van der Waals surface area contributed by atoms with E-state index in [9.17, 15) is 4.79 Å². The predicted octanol–water partition coefficient (Wildman–Crippen LogP) is 5.06. The van der Waals surface area contributed by atoms with Crippen LogP contribution in [0.5, 0.6) is 5.75 Å². The number of hydrogen-bond donors (Lipinski definition) is 0. The predicted molar refractivity (Wildman–Crippen MR) is 125 cm³/mol. The number of methoxy groups -OCH3 is 1. The van der Waals surface area contributed by atoms with Crippen molar-refractivity contribution in [3.63, 3.8) is 0 Å². The third-order valence-electron chi connectivity index (χ3n) is 6.13. The Labute approximate surface area is 191 Å². The van der Waals surface area contributed by atoms with E-state index in [1.165, 1.54) is 0 Å². The van der Waals surface area contributed by atoms with Gasteiger partial charge in [-0.15, -0.1) is 0 Å². The Morgan fingerprint density at radius 2 is 2.03 bits per heavy atom. The summed E-state index contributed by atoms with van der Waals surface area (Å²) < 4.78 is 7.27. The molecule has 0 saturated heterocycles.